The molecule has 0 radical (unpaired) electrons. The lowest BCUT2D eigenvalue weighted by Gasteiger charge is -2.29. The van der Waals surface area contributed by atoms with E-state index in [-0.39, 0.29) is 5.92 Å². The summed E-state index contributed by atoms with van der Waals surface area (Å²) in [4.78, 5) is 0. The van der Waals surface area contributed by atoms with Crippen LogP contribution in [-0.2, 0) is 6.18 Å². The molecule has 0 unspecified atom stereocenters. The lowest BCUT2D eigenvalue weighted by Crippen LogP contribution is -2.40. The highest BCUT2D eigenvalue weighted by atomic mass is 79.9. The second kappa shape index (κ2) is 3.79. The Bertz CT molecular complexity index is 371. The Balaban J connectivity index is 2.44. The third kappa shape index (κ3) is 2.18. The summed E-state index contributed by atoms with van der Waals surface area (Å²) in [6, 6.07) is 4.36. The Morgan fingerprint density at radius 2 is 1.93 bits per heavy atom. The van der Waals surface area contributed by atoms with E-state index in [2.05, 4.69) is 21.2 Å². The van der Waals surface area contributed by atoms with Crippen molar-refractivity contribution >= 4 is 15.9 Å². The van der Waals surface area contributed by atoms with Gasteiger partial charge < -0.3 is 5.32 Å². The first-order chi connectivity index (χ1) is 6.98. The molecule has 0 amide bonds. The van der Waals surface area contributed by atoms with Crippen molar-refractivity contribution in [2.45, 2.75) is 12.1 Å². The lowest BCUT2D eigenvalue weighted by atomic mass is 9.89. The highest BCUT2D eigenvalue weighted by molar-refractivity contribution is 9.10. The number of hydrogen-bond acceptors (Lipinski definition) is 1. The van der Waals surface area contributed by atoms with Crippen LogP contribution in [0, 0.1) is 0 Å². The number of rotatable bonds is 1. The van der Waals surface area contributed by atoms with E-state index in [0.29, 0.717) is 23.1 Å². The van der Waals surface area contributed by atoms with Crippen molar-refractivity contribution < 1.29 is 13.2 Å². The van der Waals surface area contributed by atoms with E-state index >= 15 is 0 Å². The predicted molar refractivity (Wildman–Crippen MR) is 54.8 cm³/mol. The van der Waals surface area contributed by atoms with Gasteiger partial charge >= 0.3 is 6.18 Å². The maximum Gasteiger partial charge on any atom is 0.416 e. The van der Waals surface area contributed by atoms with E-state index in [0.717, 1.165) is 6.07 Å². The third-order valence-electron chi connectivity index (χ3n) is 2.54. The van der Waals surface area contributed by atoms with Crippen LogP contribution in [0.15, 0.2) is 22.7 Å². The maximum absolute atomic E-state index is 12.7. The molecule has 15 heavy (non-hydrogen) atoms. The summed E-state index contributed by atoms with van der Waals surface area (Å²) in [5.41, 5.74) is -0.132. The van der Waals surface area contributed by atoms with Gasteiger partial charge in [-0.2, -0.15) is 13.2 Å². The fourth-order valence-electron chi connectivity index (χ4n) is 1.64. The minimum absolute atomic E-state index is 0.00488. The van der Waals surface area contributed by atoms with Crippen LogP contribution in [0.25, 0.3) is 0 Å². The molecule has 0 spiro atoms. The molecule has 1 saturated heterocycles. The average Bonchev–Trinajstić information content (AvgIpc) is 2.03. The molecular weight excluding hydrogens is 271 g/mol. The van der Waals surface area contributed by atoms with E-state index in [9.17, 15) is 13.2 Å². The molecule has 0 bridgehead atoms. The van der Waals surface area contributed by atoms with Gasteiger partial charge in [-0.3, -0.25) is 0 Å². The summed E-state index contributed by atoms with van der Waals surface area (Å²) < 4.78 is 38.6. The normalized spacial score (nSPS) is 17.6. The quantitative estimate of drug-likeness (QED) is 0.833. The smallest absolute Gasteiger partial charge is 0.315 e. The van der Waals surface area contributed by atoms with Gasteiger partial charge in [-0.15, -0.1) is 0 Å². The van der Waals surface area contributed by atoms with E-state index in [1.54, 1.807) is 12.1 Å². The maximum atomic E-state index is 12.7. The van der Waals surface area contributed by atoms with Crippen LogP contribution >= 0.6 is 15.9 Å². The van der Waals surface area contributed by atoms with Gasteiger partial charge in [0.1, 0.15) is 0 Å². The zero-order valence-corrected chi connectivity index (χ0v) is 9.32. The van der Waals surface area contributed by atoms with Gasteiger partial charge in [-0.05, 0) is 17.7 Å². The van der Waals surface area contributed by atoms with Crippen LogP contribution in [0.3, 0.4) is 0 Å². The monoisotopic (exact) mass is 279 g/mol. The number of nitrogens with one attached hydrogen (secondary N) is 1. The molecule has 0 atom stereocenters. The van der Waals surface area contributed by atoms with Crippen LogP contribution in [-0.4, -0.2) is 13.1 Å². The van der Waals surface area contributed by atoms with E-state index < -0.39 is 11.7 Å². The van der Waals surface area contributed by atoms with Crippen molar-refractivity contribution in [2.24, 2.45) is 0 Å². The number of alkyl halides is 3. The molecule has 1 aliphatic rings. The van der Waals surface area contributed by atoms with Gasteiger partial charge in [0.05, 0.1) is 5.56 Å². The van der Waals surface area contributed by atoms with Crippen LogP contribution in [0.4, 0.5) is 13.2 Å². The predicted octanol–water partition coefficient (Wildman–Crippen LogP) is 3.15. The largest absolute Gasteiger partial charge is 0.416 e. The Morgan fingerprint density at radius 1 is 1.27 bits per heavy atom. The van der Waals surface area contributed by atoms with Gasteiger partial charge in [-0.1, -0.05) is 22.0 Å². The van der Waals surface area contributed by atoms with Gasteiger partial charge in [0.15, 0.2) is 0 Å². The van der Waals surface area contributed by atoms with Crippen LogP contribution in [0.1, 0.15) is 17.0 Å². The molecule has 2 rings (SSSR count). The standard InChI is InChI=1S/C10H9BrF3N/c11-7-1-2-8(6-4-15-5-6)9(3-7)10(12,13)14/h1-3,6,15H,4-5H2. The van der Waals surface area contributed by atoms with Gasteiger partial charge in [-0.25, -0.2) is 0 Å². The Hall–Kier alpha value is -0.550. The third-order valence-corrected chi connectivity index (χ3v) is 3.04. The van der Waals surface area contributed by atoms with Gasteiger partial charge in [0.25, 0.3) is 0 Å². The van der Waals surface area contributed by atoms with Gasteiger partial charge in [0, 0.05) is 23.5 Å². The highest BCUT2D eigenvalue weighted by Crippen LogP contribution is 2.37. The van der Waals surface area contributed by atoms with Crippen LogP contribution in [0.5, 0.6) is 0 Å². The van der Waals surface area contributed by atoms with Crippen molar-refractivity contribution in [1.82, 2.24) is 5.32 Å². The fourth-order valence-corrected chi connectivity index (χ4v) is 2.00. The van der Waals surface area contributed by atoms with E-state index in [1.165, 1.54) is 0 Å². The molecule has 1 aromatic carbocycles. The summed E-state index contributed by atoms with van der Waals surface area (Å²) in [7, 11) is 0. The molecule has 1 fully saturated rings. The number of halogens is 4. The zero-order chi connectivity index (χ0) is 11.1. The SMILES string of the molecule is FC(F)(F)c1cc(Br)ccc1C1CNC1. The highest BCUT2D eigenvalue weighted by Gasteiger charge is 2.36. The molecule has 0 aliphatic carbocycles. The minimum Gasteiger partial charge on any atom is -0.315 e. The van der Waals surface area contributed by atoms with Crippen molar-refractivity contribution in [3.05, 3.63) is 33.8 Å². The molecule has 1 heterocycles. The fraction of sp³-hybridized carbons (Fsp3) is 0.400. The lowest BCUT2D eigenvalue weighted by molar-refractivity contribution is -0.138. The van der Waals surface area contributed by atoms with Crippen molar-refractivity contribution in [3.8, 4) is 0 Å². The topological polar surface area (TPSA) is 12.0 Å². The first-order valence-corrected chi connectivity index (χ1v) is 5.35. The van der Waals surface area contributed by atoms with Crippen molar-refractivity contribution in [2.75, 3.05) is 13.1 Å². The number of hydrogen-bond donors (Lipinski definition) is 1. The molecule has 1 nitrogen and oxygen atoms in total. The molecule has 5 heteroatoms. The van der Waals surface area contributed by atoms with Crippen molar-refractivity contribution in [1.29, 1.82) is 0 Å². The van der Waals surface area contributed by atoms with Crippen LogP contribution in [0.2, 0.25) is 0 Å². The molecule has 0 aromatic heterocycles. The Kier molecular flexibility index (Phi) is 2.77. The second-order valence-corrected chi connectivity index (χ2v) is 4.50. The molecule has 1 aliphatic heterocycles. The first-order valence-electron chi connectivity index (χ1n) is 4.56. The molecular formula is C10H9BrF3N. The van der Waals surface area contributed by atoms with Crippen LogP contribution < -0.4 is 5.32 Å². The summed E-state index contributed by atoms with van der Waals surface area (Å²) in [5, 5.41) is 2.97. The van der Waals surface area contributed by atoms with Gasteiger partial charge in [0.2, 0.25) is 0 Å². The summed E-state index contributed by atoms with van der Waals surface area (Å²) >= 11 is 3.06. The van der Waals surface area contributed by atoms with Crippen molar-refractivity contribution in [3.63, 3.8) is 0 Å². The Morgan fingerprint density at radius 3 is 2.40 bits per heavy atom. The summed E-state index contributed by atoms with van der Waals surface area (Å²) in [6.45, 7) is 1.26. The summed E-state index contributed by atoms with van der Waals surface area (Å²) in [5.74, 6) is -0.00488. The number of benzene rings is 1. The second-order valence-electron chi connectivity index (χ2n) is 3.58. The van der Waals surface area contributed by atoms with E-state index in [4.69, 9.17) is 0 Å². The molecule has 1 aromatic rings. The minimum atomic E-state index is -4.27. The zero-order valence-electron chi connectivity index (χ0n) is 7.74. The molecule has 1 N–H and O–H groups in total. The Labute approximate surface area is 93.8 Å². The summed E-state index contributed by atoms with van der Waals surface area (Å²) in [6.07, 6.45) is -4.27. The molecule has 82 valence electrons. The van der Waals surface area contributed by atoms with E-state index in [1.807, 2.05) is 0 Å². The molecule has 0 saturated carbocycles. The average molecular weight is 280 g/mol. The first kappa shape index (κ1) is 11.0.